The molecule has 14 heavy (non-hydrogen) atoms. The highest BCUT2D eigenvalue weighted by atomic mass is 16.3. The zero-order valence-corrected chi connectivity index (χ0v) is 8.23. The zero-order valence-electron chi connectivity index (χ0n) is 8.23. The van der Waals surface area contributed by atoms with E-state index in [0.717, 1.165) is 0 Å². The van der Waals surface area contributed by atoms with Gasteiger partial charge in [-0.15, -0.1) is 0 Å². The second kappa shape index (κ2) is 4.35. The van der Waals surface area contributed by atoms with Crippen LogP contribution in [0.4, 0.5) is 0 Å². The van der Waals surface area contributed by atoms with Crippen molar-refractivity contribution in [2.45, 2.75) is 18.9 Å². The smallest absolute Gasteiger partial charge is 0.169 e. The topological polar surface area (TPSA) is 63.3 Å². The molecule has 0 fully saturated rings. The van der Waals surface area contributed by atoms with E-state index in [1.807, 2.05) is 6.07 Å². The van der Waals surface area contributed by atoms with Gasteiger partial charge in [-0.05, 0) is 5.56 Å². The van der Waals surface area contributed by atoms with Crippen LogP contribution in [0.1, 0.15) is 18.9 Å². The second-order valence-corrected chi connectivity index (χ2v) is 3.21. The van der Waals surface area contributed by atoms with Crippen molar-refractivity contribution in [1.29, 1.82) is 0 Å². The SMILES string of the molecule is CCC(=O)C(O)(CN)c1ccccc1. The Morgan fingerprint density at radius 2 is 2.00 bits per heavy atom. The van der Waals surface area contributed by atoms with Crippen LogP contribution in [0.15, 0.2) is 30.3 Å². The van der Waals surface area contributed by atoms with Crippen LogP contribution >= 0.6 is 0 Å². The van der Waals surface area contributed by atoms with Crippen LogP contribution in [0, 0.1) is 0 Å². The summed E-state index contributed by atoms with van der Waals surface area (Å²) in [6.45, 7) is 1.63. The van der Waals surface area contributed by atoms with Crippen molar-refractivity contribution in [1.82, 2.24) is 0 Å². The van der Waals surface area contributed by atoms with Crippen molar-refractivity contribution in [3.63, 3.8) is 0 Å². The normalized spacial score (nSPS) is 14.8. The summed E-state index contributed by atoms with van der Waals surface area (Å²) in [6.07, 6.45) is 0.280. The fraction of sp³-hybridized carbons (Fsp3) is 0.364. The number of hydrogen-bond donors (Lipinski definition) is 2. The summed E-state index contributed by atoms with van der Waals surface area (Å²) in [6, 6.07) is 8.80. The maximum atomic E-state index is 11.5. The highest BCUT2D eigenvalue weighted by molar-refractivity contribution is 5.88. The fourth-order valence-corrected chi connectivity index (χ4v) is 1.40. The number of ketones is 1. The molecule has 1 rings (SSSR count). The van der Waals surface area contributed by atoms with Crippen LogP contribution < -0.4 is 5.73 Å². The average molecular weight is 193 g/mol. The van der Waals surface area contributed by atoms with Crippen LogP contribution in [0.5, 0.6) is 0 Å². The van der Waals surface area contributed by atoms with Gasteiger partial charge in [0.15, 0.2) is 11.4 Å². The molecular formula is C11H15NO2. The number of carbonyl (C=O) groups is 1. The standard InChI is InChI=1S/C11H15NO2/c1-2-10(13)11(14,8-12)9-6-4-3-5-7-9/h3-7,14H,2,8,12H2,1H3. The Labute approximate surface area is 83.6 Å². The summed E-state index contributed by atoms with van der Waals surface area (Å²) in [5.41, 5.74) is 4.49. The Bertz CT molecular complexity index is 310. The molecule has 0 aliphatic heterocycles. The van der Waals surface area contributed by atoms with Gasteiger partial charge in [0.05, 0.1) is 0 Å². The van der Waals surface area contributed by atoms with E-state index in [1.165, 1.54) is 0 Å². The number of benzene rings is 1. The molecule has 3 heteroatoms. The monoisotopic (exact) mass is 193 g/mol. The maximum absolute atomic E-state index is 11.5. The summed E-state index contributed by atoms with van der Waals surface area (Å²) in [7, 11) is 0. The van der Waals surface area contributed by atoms with Gasteiger partial charge < -0.3 is 10.8 Å². The molecule has 1 aromatic carbocycles. The fourth-order valence-electron chi connectivity index (χ4n) is 1.40. The molecule has 0 amide bonds. The molecule has 0 aliphatic carbocycles. The minimum atomic E-state index is -1.52. The first kappa shape index (κ1) is 10.9. The van der Waals surface area contributed by atoms with Crippen LogP contribution in [-0.4, -0.2) is 17.4 Å². The van der Waals surface area contributed by atoms with E-state index in [1.54, 1.807) is 31.2 Å². The van der Waals surface area contributed by atoms with Gasteiger partial charge >= 0.3 is 0 Å². The minimum Gasteiger partial charge on any atom is -0.376 e. The summed E-state index contributed by atoms with van der Waals surface area (Å²) in [5, 5.41) is 10.1. The second-order valence-electron chi connectivity index (χ2n) is 3.21. The zero-order chi connectivity index (χ0) is 10.6. The van der Waals surface area contributed by atoms with Crippen molar-refractivity contribution in [3.05, 3.63) is 35.9 Å². The molecule has 1 atom stereocenters. The van der Waals surface area contributed by atoms with Crippen molar-refractivity contribution >= 4 is 5.78 Å². The molecule has 1 unspecified atom stereocenters. The molecule has 0 aliphatic rings. The third-order valence-corrected chi connectivity index (χ3v) is 2.33. The number of Topliss-reactive ketones (excluding diaryl/α,β-unsaturated/α-hetero) is 1. The summed E-state index contributed by atoms with van der Waals surface area (Å²) in [5.74, 6) is -0.244. The molecule has 0 bridgehead atoms. The van der Waals surface area contributed by atoms with E-state index in [0.29, 0.717) is 5.56 Å². The third kappa shape index (κ3) is 1.84. The molecule has 0 saturated carbocycles. The van der Waals surface area contributed by atoms with E-state index >= 15 is 0 Å². The molecule has 3 nitrogen and oxygen atoms in total. The predicted molar refractivity (Wildman–Crippen MR) is 54.7 cm³/mol. The van der Waals surface area contributed by atoms with E-state index in [-0.39, 0.29) is 18.7 Å². The lowest BCUT2D eigenvalue weighted by molar-refractivity contribution is -0.137. The average Bonchev–Trinajstić information content (AvgIpc) is 2.28. The molecule has 0 radical (unpaired) electrons. The minimum absolute atomic E-state index is 0.0797. The van der Waals surface area contributed by atoms with Crippen molar-refractivity contribution < 1.29 is 9.90 Å². The number of carbonyl (C=O) groups excluding carboxylic acids is 1. The molecule has 0 heterocycles. The highest BCUT2D eigenvalue weighted by Gasteiger charge is 2.34. The third-order valence-electron chi connectivity index (χ3n) is 2.33. The van der Waals surface area contributed by atoms with Gasteiger partial charge in [0.1, 0.15) is 0 Å². The van der Waals surface area contributed by atoms with Gasteiger partial charge in [-0.2, -0.15) is 0 Å². The number of hydrogen-bond acceptors (Lipinski definition) is 3. The number of nitrogens with two attached hydrogens (primary N) is 1. The molecule has 3 N–H and O–H groups in total. The van der Waals surface area contributed by atoms with E-state index in [2.05, 4.69) is 0 Å². The molecular weight excluding hydrogens is 178 g/mol. The number of aliphatic hydroxyl groups is 1. The Hall–Kier alpha value is -1.19. The van der Waals surface area contributed by atoms with Crippen molar-refractivity contribution in [2.75, 3.05) is 6.54 Å². The first-order valence-electron chi connectivity index (χ1n) is 4.66. The maximum Gasteiger partial charge on any atom is 0.169 e. The quantitative estimate of drug-likeness (QED) is 0.743. The van der Waals surface area contributed by atoms with E-state index < -0.39 is 5.60 Å². The lowest BCUT2D eigenvalue weighted by Gasteiger charge is -2.24. The van der Waals surface area contributed by atoms with Gasteiger partial charge in [0.25, 0.3) is 0 Å². The van der Waals surface area contributed by atoms with Gasteiger partial charge in [-0.25, -0.2) is 0 Å². The van der Waals surface area contributed by atoms with Crippen LogP contribution in [0.25, 0.3) is 0 Å². The largest absolute Gasteiger partial charge is 0.376 e. The van der Waals surface area contributed by atoms with Gasteiger partial charge in [-0.1, -0.05) is 37.3 Å². The summed E-state index contributed by atoms with van der Waals surface area (Å²) in [4.78, 5) is 11.5. The first-order chi connectivity index (χ1) is 6.65. The Kier molecular flexibility index (Phi) is 3.38. The van der Waals surface area contributed by atoms with Crippen LogP contribution in [0.3, 0.4) is 0 Å². The lowest BCUT2D eigenvalue weighted by Crippen LogP contribution is -2.42. The van der Waals surface area contributed by atoms with Crippen molar-refractivity contribution in [3.8, 4) is 0 Å². The Morgan fingerprint density at radius 3 is 2.43 bits per heavy atom. The van der Waals surface area contributed by atoms with E-state index in [9.17, 15) is 9.90 Å². The Morgan fingerprint density at radius 1 is 1.43 bits per heavy atom. The van der Waals surface area contributed by atoms with Crippen molar-refractivity contribution in [2.24, 2.45) is 5.73 Å². The van der Waals surface area contributed by atoms with Gasteiger partial charge in [-0.3, -0.25) is 4.79 Å². The molecule has 0 spiro atoms. The first-order valence-corrected chi connectivity index (χ1v) is 4.66. The molecule has 76 valence electrons. The predicted octanol–water partition coefficient (Wildman–Crippen LogP) is 0.812. The molecule has 0 saturated heterocycles. The summed E-state index contributed by atoms with van der Waals surface area (Å²) < 4.78 is 0. The van der Waals surface area contributed by atoms with Crippen LogP contribution in [-0.2, 0) is 10.4 Å². The van der Waals surface area contributed by atoms with Gasteiger partial charge in [0.2, 0.25) is 0 Å². The molecule has 0 aromatic heterocycles. The van der Waals surface area contributed by atoms with E-state index in [4.69, 9.17) is 5.73 Å². The van der Waals surface area contributed by atoms with Crippen LogP contribution in [0.2, 0.25) is 0 Å². The lowest BCUT2D eigenvalue weighted by atomic mass is 9.88. The molecule has 1 aromatic rings. The number of rotatable bonds is 4. The summed E-state index contributed by atoms with van der Waals surface area (Å²) >= 11 is 0. The highest BCUT2D eigenvalue weighted by Crippen LogP contribution is 2.21. The van der Waals surface area contributed by atoms with Gasteiger partial charge in [0, 0.05) is 13.0 Å². The Balaban J connectivity index is 3.08.